The maximum atomic E-state index is 6.02. The average Bonchev–Trinajstić information content (AvgIpc) is 2.83. The largest absolute Gasteiger partial charge is 0.466 e. The minimum atomic E-state index is 0.315. The van der Waals surface area contributed by atoms with Crippen LogP contribution in [-0.4, -0.2) is 12.1 Å². The highest BCUT2D eigenvalue weighted by atomic mass is 16.3. The van der Waals surface area contributed by atoms with Gasteiger partial charge >= 0.3 is 0 Å². The molecule has 1 aromatic heterocycles. The highest BCUT2D eigenvalue weighted by Gasteiger charge is 2.36. The summed E-state index contributed by atoms with van der Waals surface area (Å²) in [6.07, 6.45) is 5.72. The number of furan rings is 1. The molecule has 0 aromatic carbocycles. The molecule has 3 rings (SSSR count). The van der Waals surface area contributed by atoms with Crippen molar-refractivity contribution in [1.82, 2.24) is 5.32 Å². The number of hydrogen-bond acceptors (Lipinski definition) is 3. The monoisotopic (exact) mass is 262 g/mol. The second kappa shape index (κ2) is 4.64. The fourth-order valence-electron chi connectivity index (χ4n) is 3.79. The second-order valence-corrected chi connectivity index (χ2v) is 7.27. The summed E-state index contributed by atoms with van der Waals surface area (Å²) in [6, 6.07) is 3.63. The Balaban J connectivity index is 1.80. The summed E-state index contributed by atoms with van der Waals surface area (Å²) in [5.41, 5.74) is 7.73. The Morgan fingerprint density at radius 2 is 2.16 bits per heavy atom. The quantitative estimate of drug-likeness (QED) is 0.861. The summed E-state index contributed by atoms with van der Waals surface area (Å²) < 4.78 is 5.89. The van der Waals surface area contributed by atoms with Crippen molar-refractivity contribution in [3.05, 3.63) is 23.2 Å². The highest BCUT2D eigenvalue weighted by Crippen LogP contribution is 2.42. The first-order chi connectivity index (χ1) is 8.93. The smallest absolute Gasteiger partial charge is 0.109 e. The molecule has 3 nitrogen and oxygen atoms in total. The normalized spacial score (nSPS) is 33.4. The molecule has 3 N–H and O–H groups in total. The molecule has 1 saturated carbocycles. The summed E-state index contributed by atoms with van der Waals surface area (Å²) in [6.45, 7) is 6.72. The van der Waals surface area contributed by atoms with Gasteiger partial charge in [-0.3, -0.25) is 0 Å². The van der Waals surface area contributed by atoms with Gasteiger partial charge in [-0.1, -0.05) is 13.8 Å². The number of fused-ring (bicyclic) bond motifs is 1. The van der Waals surface area contributed by atoms with E-state index in [9.17, 15) is 0 Å². The van der Waals surface area contributed by atoms with E-state index in [1.165, 1.54) is 24.2 Å². The number of hydrogen-bond donors (Lipinski definition) is 2. The van der Waals surface area contributed by atoms with Crippen LogP contribution in [0.25, 0.3) is 0 Å². The Morgan fingerprint density at radius 1 is 1.37 bits per heavy atom. The van der Waals surface area contributed by atoms with Crippen molar-refractivity contribution in [1.29, 1.82) is 0 Å². The first-order valence-corrected chi connectivity index (χ1v) is 7.54. The Bertz CT molecular complexity index is 463. The van der Waals surface area contributed by atoms with Gasteiger partial charge in [0.1, 0.15) is 11.5 Å². The zero-order chi connectivity index (χ0) is 13.6. The molecule has 3 atom stereocenters. The molecular weight excluding hydrogens is 236 g/mol. The highest BCUT2D eigenvalue weighted by molar-refractivity contribution is 5.29. The lowest BCUT2D eigenvalue weighted by Gasteiger charge is -2.36. The van der Waals surface area contributed by atoms with Crippen LogP contribution in [0.2, 0.25) is 0 Å². The van der Waals surface area contributed by atoms with Crippen LogP contribution in [0.1, 0.15) is 62.7 Å². The fraction of sp³-hybridized carbons (Fsp3) is 0.750. The molecular formula is C16H26N2O. The van der Waals surface area contributed by atoms with Crippen LogP contribution in [0.5, 0.6) is 0 Å². The van der Waals surface area contributed by atoms with E-state index in [1.807, 2.05) is 6.92 Å². The molecule has 0 aliphatic heterocycles. The second-order valence-electron chi connectivity index (χ2n) is 7.27. The first-order valence-electron chi connectivity index (χ1n) is 7.54. The van der Waals surface area contributed by atoms with Crippen LogP contribution < -0.4 is 11.1 Å². The van der Waals surface area contributed by atoms with E-state index in [4.69, 9.17) is 10.2 Å². The Hall–Kier alpha value is -0.800. The first kappa shape index (κ1) is 13.2. The zero-order valence-electron chi connectivity index (χ0n) is 12.3. The molecule has 2 aliphatic carbocycles. The van der Waals surface area contributed by atoms with Gasteiger partial charge in [-0.15, -0.1) is 0 Å². The minimum absolute atomic E-state index is 0.315. The van der Waals surface area contributed by atoms with Gasteiger partial charge in [0.15, 0.2) is 0 Å². The van der Waals surface area contributed by atoms with Crippen molar-refractivity contribution < 1.29 is 4.42 Å². The predicted molar refractivity (Wildman–Crippen MR) is 77.0 cm³/mol. The molecule has 1 fully saturated rings. The third-order valence-corrected chi connectivity index (χ3v) is 4.65. The molecule has 2 aliphatic rings. The molecule has 0 spiro atoms. The molecule has 106 valence electrons. The summed E-state index contributed by atoms with van der Waals surface area (Å²) in [7, 11) is 0. The molecule has 0 bridgehead atoms. The number of nitrogens with one attached hydrogen (secondary N) is 1. The van der Waals surface area contributed by atoms with E-state index in [2.05, 4.69) is 25.2 Å². The summed E-state index contributed by atoms with van der Waals surface area (Å²) in [5, 5.41) is 3.83. The third-order valence-electron chi connectivity index (χ3n) is 4.65. The fourth-order valence-corrected chi connectivity index (χ4v) is 3.79. The topological polar surface area (TPSA) is 51.2 Å². The van der Waals surface area contributed by atoms with Gasteiger partial charge in [-0.2, -0.15) is 0 Å². The maximum Gasteiger partial charge on any atom is 0.109 e. The van der Waals surface area contributed by atoms with Gasteiger partial charge in [-0.05, 0) is 44.1 Å². The molecule has 19 heavy (non-hydrogen) atoms. The van der Waals surface area contributed by atoms with Gasteiger partial charge in [-0.25, -0.2) is 0 Å². The van der Waals surface area contributed by atoms with Crippen molar-refractivity contribution in [2.75, 3.05) is 0 Å². The molecule has 1 aromatic rings. The Kier molecular flexibility index (Phi) is 3.22. The Labute approximate surface area is 115 Å². The average molecular weight is 262 g/mol. The number of rotatable bonds is 2. The standard InChI is InChI=1S/C16H26N2O/c1-10-6-13-14(18-12-5-4-11(17)7-12)8-16(2,3)9-15(13)19-10/h6,11-12,14,18H,4-5,7-9,17H2,1-3H3. The van der Waals surface area contributed by atoms with Gasteiger partial charge in [0.05, 0.1) is 0 Å². The molecule has 1 heterocycles. The Morgan fingerprint density at radius 3 is 2.84 bits per heavy atom. The van der Waals surface area contributed by atoms with Crippen LogP contribution >= 0.6 is 0 Å². The van der Waals surface area contributed by atoms with Gasteiger partial charge in [0.2, 0.25) is 0 Å². The lowest BCUT2D eigenvalue weighted by molar-refractivity contribution is 0.224. The van der Waals surface area contributed by atoms with Crippen LogP contribution in [-0.2, 0) is 6.42 Å². The molecule has 0 saturated heterocycles. The molecule has 3 heteroatoms. The van der Waals surface area contributed by atoms with Crippen LogP contribution in [0.4, 0.5) is 0 Å². The summed E-state index contributed by atoms with van der Waals surface area (Å²) in [4.78, 5) is 0. The lowest BCUT2D eigenvalue weighted by Crippen LogP contribution is -2.38. The van der Waals surface area contributed by atoms with Gasteiger partial charge in [0.25, 0.3) is 0 Å². The minimum Gasteiger partial charge on any atom is -0.466 e. The summed E-state index contributed by atoms with van der Waals surface area (Å²) >= 11 is 0. The number of nitrogens with two attached hydrogens (primary N) is 1. The van der Waals surface area contributed by atoms with Gasteiger partial charge in [0, 0.05) is 30.1 Å². The lowest BCUT2D eigenvalue weighted by atomic mass is 9.74. The zero-order valence-corrected chi connectivity index (χ0v) is 12.3. The van der Waals surface area contributed by atoms with Crippen molar-refractivity contribution in [3.63, 3.8) is 0 Å². The third kappa shape index (κ3) is 2.72. The van der Waals surface area contributed by atoms with Crippen molar-refractivity contribution in [2.24, 2.45) is 11.1 Å². The predicted octanol–water partition coefficient (Wildman–Crippen LogP) is 3.07. The SMILES string of the molecule is Cc1cc2c(o1)CC(C)(C)CC2NC1CCC(N)C1. The van der Waals surface area contributed by atoms with Crippen LogP contribution in [0, 0.1) is 12.3 Å². The van der Waals surface area contributed by atoms with Crippen molar-refractivity contribution >= 4 is 0 Å². The molecule has 3 unspecified atom stereocenters. The van der Waals surface area contributed by atoms with Crippen LogP contribution in [0.3, 0.4) is 0 Å². The van der Waals surface area contributed by atoms with Crippen molar-refractivity contribution in [3.8, 4) is 0 Å². The van der Waals surface area contributed by atoms with E-state index in [-0.39, 0.29) is 0 Å². The molecule has 0 radical (unpaired) electrons. The van der Waals surface area contributed by atoms with E-state index in [0.717, 1.165) is 25.0 Å². The van der Waals surface area contributed by atoms with E-state index < -0.39 is 0 Å². The van der Waals surface area contributed by atoms with E-state index in [0.29, 0.717) is 23.5 Å². The summed E-state index contributed by atoms with van der Waals surface area (Å²) in [5.74, 6) is 2.23. The molecule has 0 amide bonds. The van der Waals surface area contributed by atoms with E-state index >= 15 is 0 Å². The maximum absolute atomic E-state index is 6.02. The number of aryl methyl sites for hydroxylation is 1. The van der Waals surface area contributed by atoms with Crippen molar-refractivity contribution in [2.45, 2.75) is 71.0 Å². The van der Waals surface area contributed by atoms with Crippen LogP contribution in [0.15, 0.2) is 10.5 Å². The van der Waals surface area contributed by atoms with Gasteiger partial charge < -0.3 is 15.5 Å². The van der Waals surface area contributed by atoms with E-state index in [1.54, 1.807) is 0 Å².